The Balaban J connectivity index is 1.20. The van der Waals surface area contributed by atoms with Gasteiger partial charge in [-0.25, -0.2) is 4.79 Å². The summed E-state index contributed by atoms with van der Waals surface area (Å²) in [6.07, 6.45) is 2.38. The SMILES string of the molecule is C[C@H](NC(=O)[C@H](Cc1ccccc1)N(C)C(=O)[C@H](Cc1ccccc1)N(C)C(=O)[C@H](CC=O)NC(=O)OCC1c2ccccc2-c2ccccc21)C(=O)N1CCCCC1. The number of rotatable bonds is 16. The Labute approximate surface area is 345 Å². The van der Waals surface area contributed by atoms with E-state index in [2.05, 4.69) is 10.6 Å². The van der Waals surface area contributed by atoms with Crippen molar-refractivity contribution in [1.82, 2.24) is 25.3 Å². The second kappa shape index (κ2) is 19.9. The smallest absolute Gasteiger partial charge is 0.407 e. The third-order valence-corrected chi connectivity index (χ3v) is 11.4. The molecule has 0 aromatic heterocycles. The number of fused-ring (bicyclic) bond motifs is 3. The molecule has 308 valence electrons. The quantitative estimate of drug-likeness (QED) is 0.150. The van der Waals surface area contributed by atoms with Gasteiger partial charge in [0.05, 0.1) is 0 Å². The number of aldehydes is 1. The van der Waals surface area contributed by atoms with Crippen LogP contribution in [0.4, 0.5) is 4.79 Å². The fraction of sp³-hybridized carbons (Fsp3) is 0.362. The molecule has 5 amide bonds. The van der Waals surface area contributed by atoms with Gasteiger partial charge in [-0.1, -0.05) is 109 Å². The zero-order chi connectivity index (χ0) is 41.9. The predicted octanol–water partition coefficient (Wildman–Crippen LogP) is 5.14. The molecule has 0 saturated carbocycles. The number of ether oxygens (including phenoxy) is 1. The number of hydrogen-bond donors (Lipinski definition) is 2. The van der Waals surface area contributed by atoms with Gasteiger partial charge in [0.1, 0.15) is 37.1 Å². The number of likely N-dealkylation sites (tertiary alicyclic amines) is 1. The van der Waals surface area contributed by atoms with Gasteiger partial charge in [0.25, 0.3) is 0 Å². The first-order valence-corrected chi connectivity index (χ1v) is 20.3. The molecule has 59 heavy (non-hydrogen) atoms. The Kier molecular flexibility index (Phi) is 14.3. The molecule has 12 heteroatoms. The minimum absolute atomic E-state index is 0.00469. The van der Waals surface area contributed by atoms with Crippen molar-refractivity contribution in [2.45, 2.75) is 75.5 Å². The van der Waals surface area contributed by atoms with Crippen molar-refractivity contribution in [2.24, 2.45) is 0 Å². The maximum absolute atomic E-state index is 14.7. The molecular weight excluding hydrogens is 747 g/mol. The first-order chi connectivity index (χ1) is 28.6. The number of piperidine rings is 1. The molecule has 2 aliphatic rings. The molecule has 1 aliphatic heterocycles. The second-order valence-electron chi connectivity index (χ2n) is 15.4. The summed E-state index contributed by atoms with van der Waals surface area (Å²) in [4.78, 5) is 86.1. The van der Waals surface area contributed by atoms with Gasteiger partial charge in [0.2, 0.25) is 23.6 Å². The maximum Gasteiger partial charge on any atom is 0.407 e. The molecule has 0 unspecified atom stereocenters. The summed E-state index contributed by atoms with van der Waals surface area (Å²) in [5, 5.41) is 5.45. The molecule has 0 bridgehead atoms. The van der Waals surface area contributed by atoms with Crippen molar-refractivity contribution in [3.63, 3.8) is 0 Å². The lowest BCUT2D eigenvalue weighted by molar-refractivity contribution is -0.148. The summed E-state index contributed by atoms with van der Waals surface area (Å²) in [7, 11) is 2.96. The summed E-state index contributed by atoms with van der Waals surface area (Å²) < 4.78 is 5.71. The fourth-order valence-electron chi connectivity index (χ4n) is 8.12. The number of carbonyl (C=O) groups is 6. The van der Waals surface area contributed by atoms with E-state index in [0.29, 0.717) is 19.4 Å². The molecule has 0 spiro atoms. The Hall–Kier alpha value is -6.30. The number of likely N-dealkylation sites (N-methyl/N-ethyl adjacent to an activating group) is 2. The van der Waals surface area contributed by atoms with Crippen LogP contribution in [0.25, 0.3) is 11.1 Å². The van der Waals surface area contributed by atoms with Crippen LogP contribution >= 0.6 is 0 Å². The van der Waals surface area contributed by atoms with E-state index in [-0.39, 0.29) is 37.7 Å². The van der Waals surface area contributed by atoms with Gasteiger partial charge >= 0.3 is 6.09 Å². The third-order valence-electron chi connectivity index (χ3n) is 11.4. The van der Waals surface area contributed by atoms with Crippen LogP contribution in [0.2, 0.25) is 0 Å². The minimum Gasteiger partial charge on any atom is -0.449 e. The standard InChI is InChI=1S/C47H53N5O7/c1-32(44(55)52-26-15-6-16-27-52)48-43(54)41(29-33-17-7-4-8-18-33)50(2)46(57)42(30-34-19-9-5-10-20-34)51(3)45(56)40(25-28-53)49-47(58)59-31-39-37-23-13-11-21-35(37)36-22-12-14-24-38(36)39/h4-5,7-14,17-24,28,32,39-42H,6,15-16,25-27,29-31H2,1-3H3,(H,48,54)(H,49,58)/t32-,40-,41-,42-/m0/s1. The van der Waals surface area contributed by atoms with Crippen molar-refractivity contribution < 1.29 is 33.5 Å². The molecule has 4 aromatic carbocycles. The van der Waals surface area contributed by atoms with E-state index < -0.39 is 48.0 Å². The number of alkyl carbamates (subject to hydrolysis) is 1. The first-order valence-electron chi connectivity index (χ1n) is 20.3. The molecule has 0 radical (unpaired) electrons. The first kappa shape index (κ1) is 42.3. The van der Waals surface area contributed by atoms with Crippen LogP contribution in [0.5, 0.6) is 0 Å². The Morgan fingerprint density at radius 3 is 1.76 bits per heavy atom. The van der Waals surface area contributed by atoms with E-state index in [1.165, 1.54) is 23.9 Å². The molecule has 6 rings (SSSR count). The molecule has 1 saturated heterocycles. The highest BCUT2D eigenvalue weighted by Gasteiger charge is 2.38. The summed E-state index contributed by atoms with van der Waals surface area (Å²) in [5.41, 5.74) is 5.72. The molecule has 1 fully saturated rings. The van der Waals surface area contributed by atoms with E-state index in [1.807, 2.05) is 109 Å². The third kappa shape index (κ3) is 10.2. The predicted molar refractivity (Wildman–Crippen MR) is 224 cm³/mol. The average molecular weight is 800 g/mol. The molecule has 1 heterocycles. The Morgan fingerprint density at radius 1 is 0.695 bits per heavy atom. The van der Waals surface area contributed by atoms with Crippen LogP contribution in [-0.4, -0.2) is 109 Å². The van der Waals surface area contributed by atoms with Crippen LogP contribution in [-0.2, 0) is 41.6 Å². The highest BCUT2D eigenvalue weighted by atomic mass is 16.5. The van der Waals surface area contributed by atoms with E-state index in [1.54, 1.807) is 11.8 Å². The lowest BCUT2D eigenvalue weighted by Gasteiger charge is -2.36. The van der Waals surface area contributed by atoms with Gasteiger partial charge in [0, 0.05) is 52.4 Å². The zero-order valence-electron chi connectivity index (χ0n) is 33.9. The van der Waals surface area contributed by atoms with Crippen LogP contribution in [0.3, 0.4) is 0 Å². The van der Waals surface area contributed by atoms with Crippen LogP contribution in [0.1, 0.15) is 60.8 Å². The molecule has 1 aliphatic carbocycles. The van der Waals surface area contributed by atoms with Crippen LogP contribution in [0.15, 0.2) is 109 Å². The average Bonchev–Trinajstić information content (AvgIpc) is 3.59. The minimum atomic E-state index is -1.34. The Bertz CT molecular complexity index is 2060. The molecular formula is C47H53N5O7. The monoisotopic (exact) mass is 799 g/mol. The van der Waals surface area contributed by atoms with Gasteiger partial charge in [-0.2, -0.15) is 0 Å². The van der Waals surface area contributed by atoms with Gasteiger partial charge < -0.3 is 34.9 Å². The maximum atomic E-state index is 14.7. The number of nitrogens with zero attached hydrogens (tertiary/aromatic N) is 3. The van der Waals surface area contributed by atoms with Crippen molar-refractivity contribution in [2.75, 3.05) is 33.8 Å². The zero-order valence-corrected chi connectivity index (χ0v) is 33.9. The van der Waals surface area contributed by atoms with Crippen LogP contribution < -0.4 is 10.6 Å². The second-order valence-corrected chi connectivity index (χ2v) is 15.4. The summed E-state index contributed by atoms with van der Waals surface area (Å²) in [6, 6.07) is 29.9. The van der Waals surface area contributed by atoms with Gasteiger partial charge in [-0.3, -0.25) is 19.2 Å². The Morgan fingerprint density at radius 2 is 1.20 bits per heavy atom. The largest absolute Gasteiger partial charge is 0.449 e. The highest BCUT2D eigenvalue weighted by Crippen LogP contribution is 2.44. The molecule has 2 N–H and O–H groups in total. The number of amides is 5. The lowest BCUT2D eigenvalue weighted by Crippen LogP contribution is -2.59. The highest BCUT2D eigenvalue weighted by molar-refractivity contribution is 5.96. The van der Waals surface area contributed by atoms with E-state index in [0.717, 1.165) is 52.6 Å². The molecule has 4 atom stereocenters. The summed E-state index contributed by atoms with van der Waals surface area (Å²) >= 11 is 0. The van der Waals surface area contributed by atoms with Gasteiger partial charge in [-0.15, -0.1) is 0 Å². The number of benzene rings is 4. The van der Waals surface area contributed by atoms with Crippen LogP contribution in [0, 0.1) is 0 Å². The van der Waals surface area contributed by atoms with Gasteiger partial charge in [-0.05, 0) is 59.6 Å². The summed E-state index contributed by atoms with van der Waals surface area (Å²) in [5.74, 6) is -2.13. The fourth-order valence-corrected chi connectivity index (χ4v) is 8.12. The van der Waals surface area contributed by atoms with Crippen molar-refractivity contribution in [3.8, 4) is 11.1 Å². The van der Waals surface area contributed by atoms with E-state index in [9.17, 15) is 28.8 Å². The number of carbonyl (C=O) groups excluding carboxylic acids is 6. The summed E-state index contributed by atoms with van der Waals surface area (Å²) in [6.45, 7) is 2.92. The van der Waals surface area contributed by atoms with E-state index in [4.69, 9.17) is 4.74 Å². The normalized spacial score (nSPS) is 15.3. The van der Waals surface area contributed by atoms with E-state index >= 15 is 0 Å². The topological polar surface area (TPSA) is 145 Å². The van der Waals surface area contributed by atoms with Crippen molar-refractivity contribution in [1.29, 1.82) is 0 Å². The molecule has 12 nitrogen and oxygen atoms in total. The molecule has 4 aromatic rings. The number of nitrogens with one attached hydrogen (secondary N) is 2. The van der Waals surface area contributed by atoms with Crippen molar-refractivity contribution >= 4 is 36.0 Å². The lowest BCUT2D eigenvalue weighted by atomic mass is 9.98. The number of hydrogen-bond acceptors (Lipinski definition) is 7. The van der Waals surface area contributed by atoms with Crippen molar-refractivity contribution in [3.05, 3.63) is 131 Å². The van der Waals surface area contributed by atoms with Gasteiger partial charge in [0.15, 0.2) is 0 Å².